The second-order valence-corrected chi connectivity index (χ2v) is 6.00. The summed E-state index contributed by atoms with van der Waals surface area (Å²) >= 11 is 3.45. The quantitative estimate of drug-likeness (QED) is 0.897. The largest absolute Gasteiger partial charge is 0.496 e. The van der Waals surface area contributed by atoms with Gasteiger partial charge in [-0.3, -0.25) is 0 Å². The second-order valence-electron chi connectivity index (χ2n) is 5.08. The Morgan fingerprint density at radius 1 is 0.950 bits per heavy atom. The van der Waals surface area contributed by atoms with Crippen molar-refractivity contribution in [2.75, 3.05) is 7.11 Å². The Morgan fingerprint density at radius 3 is 2.20 bits per heavy atom. The SMILES string of the molecule is COc1cc(C)c(C(O)c2ccc(Br)cc2C)cc1C. The van der Waals surface area contributed by atoms with Gasteiger partial charge in [0.05, 0.1) is 7.11 Å². The molecule has 0 heterocycles. The molecule has 0 spiro atoms. The van der Waals surface area contributed by atoms with Crippen LogP contribution in [0.15, 0.2) is 34.8 Å². The monoisotopic (exact) mass is 334 g/mol. The van der Waals surface area contributed by atoms with Crippen molar-refractivity contribution in [3.8, 4) is 5.75 Å². The molecule has 20 heavy (non-hydrogen) atoms. The number of hydrogen-bond acceptors (Lipinski definition) is 2. The van der Waals surface area contributed by atoms with Crippen molar-refractivity contribution in [3.05, 3.63) is 62.6 Å². The fourth-order valence-electron chi connectivity index (χ4n) is 2.44. The van der Waals surface area contributed by atoms with E-state index in [9.17, 15) is 5.11 Å². The first-order chi connectivity index (χ1) is 9.43. The van der Waals surface area contributed by atoms with Crippen molar-refractivity contribution >= 4 is 15.9 Å². The van der Waals surface area contributed by atoms with E-state index in [-0.39, 0.29) is 0 Å². The Labute approximate surface area is 128 Å². The van der Waals surface area contributed by atoms with E-state index in [2.05, 4.69) is 15.9 Å². The number of aliphatic hydroxyl groups excluding tert-OH is 1. The third-order valence-corrected chi connectivity index (χ3v) is 4.10. The average molecular weight is 335 g/mol. The molecule has 2 nitrogen and oxygen atoms in total. The molecular weight excluding hydrogens is 316 g/mol. The van der Waals surface area contributed by atoms with Gasteiger partial charge in [-0.1, -0.05) is 22.0 Å². The lowest BCUT2D eigenvalue weighted by atomic mass is 9.93. The van der Waals surface area contributed by atoms with Gasteiger partial charge in [0.2, 0.25) is 0 Å². The van der Waals surface area contributed by atoms with Gasteiger partial charge in [-0.25, -0.2) is 0 Å². The van der Waals surface area contributed by atoms with E-state index in [4.69, 9.17) is 4.74 Å². The lowest BCUT2D eigenvalue weighted by Gasteiger charge is -2.18. The van der Waals surface area contributed by atoms with Gasteiger partial charge in [-0.2, -0.15) is 0 Å². The van der Waals surface area contributed by atoms with Gasteiger partial charge >= 0.3 is 0 Å². The topological polar surface area (TPSA) is 29.5 Å². The number of ether oxygens (including phenoxy) is 1. The van der Waals surface area contributed by atoms with Crippen LogP contribution in [0.4, 0.5) is 0 Å². The summed E-state index contributed by atoms with van der Waals surface area (Å²) in [6.07, 6.45) is -0.618. The summed E-state index contributed by atoms with van der Waals surface area (Å²) < 4.78 is 6.34. The minimum absolute atomic E-state index is 0.618. The van der Waals surface area contributed by atoms with Crippen LogP contribution in [0.5, 0.6) is 5.75 Å². The van der Waals surface area contributed by atoms with Crippen molar-refractivity contribution in [1.29, 1.82) is 0 Å². The zero-order chi connectivity index (χ0) is 14.9. The summed E-state index contributed by atoms with van der Waals surface area (Å²) in [7, 11) is 1.66. The zero-order valence-electron chi connectivity index (χ0n) is 12.2. The molecule has 1 N–H and O–H groups in total. The summed E-state index contributed by atoms with van der Waals surface area (Å²) in [6.45, 7) is 5.99. The van der Waals surface area contributed by atoms with Gasteiger partial charge in [0.25, 0.3) is 0 Å². The Hall–Kier alpha value is -1.32. The Morgan fingerprint density at radius 2 is 1.60 bits per heavy atom. The highest BCUT2D eigenvalue weighted by molar-refractivity contribution is 9.10. The molecule has 0 saturated carbocycles. The van der Waals surface area contributed by atoms with Crippen molar-refractivity contribution in [2.45, 2.75) is 26.9 Å². The van der Waals surface area contributed by atoms with Crippen LogP contribution in [0.1, 0.15) is 33.9 Å². The number of benzene rings is 2. The van der Waals surface area contributed by atoms with Crippen molar-refractivity contribution in [1.82, 2.24) is 0 Å². The van der Waals surface area contributed by atoms with Gasteiger partial charge in [0.1, 0.15) is 11.9 Å². The van der Waals surface area contributed by atoms with E-state index in [0.717, 1.165) is 38.0 Å². The smallest absolute Gasteiger partial charge is 0.122 e. The lowest BCUT2D eigenvalue weighted by Crippen LogP contribution is -2.05. The van der Waals surface area contributed by atoms with Gasteiger partial charge in [0, 0.05) is 4.47 Å². The fraction of sp³-hybridized carbons (Fsp3) is 0.294. The molecular formula is C17H19BrO2. The molecule has 0 aliphatic rings. The minimum atomic E-state index is -0.618. The molecule has 2 aromatic rings. The molecule has 2 rings (SSSR count). The molecule has 0 saturated heterocycles. The predicted octanol–water partition coefficient (Wildman–Crippen LogP) is 4.46. The molecule has 0 aliphatic carbocycles. The van der Waals surface area contributed by atoms with Crippen LogP contribution in [-0.4, -0.2) is 12.2 Å². The number of methoxy groups -OCH3 is 1. The van der Waals surface area contributed by atoms with Crippen molar-refractivity contribution < 1.29 is 9.84 Å². The molecule has 0 bridgehead atoms. The number of halogens is 1. The molecule has 3 heteroatoms. The maximum Gasteiger partial charge on any atom is 0.122 e. The summed E-state index contributed by atoms with van der Waals surface area (Å²) in [4.78, 5) is 0. The van der Waals surface area contributed by atoms with Crippen LogP contribution in [0, 0.1) is 20.8 Å². The third kappa shape index (κ3) is 2.89. The highest BCUT2D eigenvalue weighted by Gasteiger charge is 2.17. The first-order valence-electron chi connectivity index (χ1n) is 6.53. The predicted molar refractivity (Wildman–Crippen MR) is 85.4 cm³/mol. The van der Waals surface area contributed by atoms with E-state index in [1.807, 2.05) is 51.1 Å². The van der Waals surface area contributed by atoms with Gasteiger partial charge in [-0.05, 0) is 72.9 Å². The van der Waals surface area contributed by atoms with Crippen LogP contribution < -0.4 is 4.74 Å². The second kappa shape index (κ2) is 5.98. The molecule has 0 aliphatic heterocycles. The van der Waals surface area contributed by atoms with Crippen LogP contribution in [-0.2, 0) is 0 Å². The van der Waals surface area contributed by atoms with E-state index in [1.165, 1.54) is 0 Å². The van der Waals surface area contributed by atoms with E-state index in [1.54, 1.807) is 7.11 Å². The van der Waals surface area contributed by atoms with Crippen LogP contribution in [0.2, 0.25) is 0 Å². The van der Waals surface area contributed by atoms with Gasteiger partial charge in [0.15, 0.2) is 0 Å². The van der Waals surface area contributed by atoms with E-state index < -0.39 is 6.10 Å². The molecule has 1 atom stereocenters. The normalized spacial score (nSPS) is 12.3. The minimum Gasteiger partial charge on any atom is -0.496 e. The lowest BCUT2D eigenvalue weighted by molar-refractivity contribution is 0.218. The molecule has 0 radical (unpaired) electrons. The molecule has 1 unspecified atom stereocenters. The van der Waals surface area contributed by atoms with Gasteiger partial charge < -0.3 is 9.84 Å². The van der Waals surface area contributed by atoms with Crippen LogP contribution in [0.25, 0.3) is 0 Å². The number of hydrogen-bond donors (Lipinski definition) is 1. The first kappa shape index (κ1) is 15.1. The summed E-state index contributed by atoms with van der Waals surface area (Å²) in [5, 5.41) is 10.7. The Bertz CT molecular complexity index is 635. The average Bonchev–Trinajstić information content (AvgIpc) is 2.40. The van der Waals surface area contributed by atoms with Crippen LogP contribution >= 0.6 is 15.9 Å². The van der Waals surface area contributed by atoms with E-state index in [0.29, 0.717) is 0 Å². The van der Waals surface area contributed by atoms with Crippen LogP contribution in [0.3, 0.4) is 0 Å². The maximum absolute atomic E-state index is 10.7. The summed E-state index contributed by atoms with van der Waals surface area (Å²) in [6, 6.07) is 9.91. The number of aliphatic hydroxyl groups is 1. The highest BCUT2D eigenvalue weighted by Crippen LogP contribution is 2.32. The highest BCUT2D eigenvalue weighted by atomic mass is 79.9. The summed E-state index contributed by atoms with van der Waals surface area (Å²) in [5.41, 5.74) is 4.98. The number of aryl methyl sites for hydroxylation is 3. The molecule has 0 amide bonds. The molecule has 106 valence electrons. The van der Waals surface area contributed by atoms with E-state index >= 15 is 0 Å². The standard InChI is InChI=1S/C17H19BrO2/c1-10-7-13(18)5-6-14(10)17(19)15-8-12(3)16(20-4)9-11(15)2/h5-9,17,19H,1-4H3. The summed E-state index contributed by atoms with van der Waals surface area (Å²) in [5.74, 6) is 0.853. The first-order valence-corrected chi connectivity index (χ1v) is 7.32. The number of rotatable bonds is 3. The third-order valence-electron chi connectivity index (χ3n) is 3.60. The Kier molecular flexibility index (Phi) is 4.51. The molecule has 0 aromatic heterocycles. The van der Waals surface area contributed by atoms with Crippen molar-refractivity contribution in [3.63, 3.8) is 0 Å². The zero-order valence-corrected chi connectivity index (χ0v) is 13.8. The Balaban J connectivity index is 2.48. The molecule has 0 fully saturated rings. The van der Waals surface area contributed by atoms with Crippen molar-refractivity contribution in [2.24, 2.45) is 0 Å². The van der Waals surface area contributed by atoms with Gasteiger partial charge in [-0.15, -0.1) is 0 Å². The fourth-order valence-corrected chi connectivity index (χ4v) is 2.92. The molecule has 2 aromatic carbocycles. The maximum atomic E-state index is 10.7.